The Balaban J connectivity index is 1.43. The van der Waals surface area contributed by atoms with Crippen molar-refractivity contribution in [3.63, 3.8) is 0 Å². The van der Waals surface area contributed by atoms with Gasteiger partial charge in [0.15, 0.2) is 6.29 Å². The van der Waals surface area contributed by atoms with Gasteiger partial charge in [-0.1, -0.05) is 36.4 Å². The minimum Gasteiger partial charge on any atom is -0.478 e. The van der Waals surface area contributed by atoms with Gasteiger partial charge < -0.3 is 44.5 Å². The number of aliphatic carboxylic acids is 2. The summed E-state index contributed by atoms with van der Waals surface area (Å²) in [5.41, 5.74) is 0.502. The van der Waals surface area contributed by atoms with E-state index in [0.717, 1.165) is 11.8 Å². The number of carbonyl (C=O) groups excluding carboxylic acids is 1. The number of benzene rings is 1. The highest BCUT2D eigenvalue weighted by atomic mass is 16.8. The number of esters is 1. The van der Waals surface area contributed by atoms with E-state index in [1.807, 2.05) is 6.07 Å². The average molecular weight is 518 g/mol. The van der Waals surface area contributed by atoms with Gasteiger partial charge in [0, 0.05) is 17.6 Å². The molecule has 3 aliphatic rings. The molecule has 12 nitrogen and oxygen atoms in total. The Labute approximate surface area is 210 Å². The topological polar surface area (TPSA) is 189 Å². The van der Waals surface area contributed by atoms with Gasteiger partial charge >= 0.3 is 17.9 Å². The van der Waals surface area contributed by atoms with Gasteiger partial charge in [0.05, 0.1) is 17.8 Å². The first-order chi connectivity index (χ1) is 17.7. The number of carbonyl (C=O) groups is 3. The van der Waals surface area contributed by atoms with Gasteiger partial charge in [-0.25, -0.2) is 14.4 Å². The lowest BCUT2D eigenvalue weighted by molar-refractivity contribution is -0.339. The highest BCUT2D eigenvalue weighted by Crippen LogP contribution is 2.44. The summed E-state index contributed by atoms with van der Waals surface area (Å²) in [6, 6.07) is 8.96. The Kier molecular flexibility index (Phi) is 8.05. The van der Waals surface area contributed by atoms with Crippen LogP contribution in [0.25, 0.3) is 6.08 Å². The van der Waals surface area contributed by atoms with Gasteiger partial charge in [-0.05, 0) is 18.1 Å². The zero-order valence-electron chi connectivity index (χ0n) is 19.3. The molecule has 0 saturated carbocycles. The summed E-state index contributed by atoms with van der Waals surface area (Å²) in [5, 5.41) is 50.1. The molecule has 1 aromatic carbocycles. The van der Waals surface area contributed by atoms with Crippen LogP contribution in [0.2, 0.25) is 0 Å². The standard InChI is InChI=1S/C25H26O12/c26-17(9-6-12-4-2-1-3-5-12)34-11-16-19(27)20(28)21(29)25(36-16)37-24-18-13(7-8-14(18)22(30)31)15(10-35-24)23(32)33/h1-6,8-10,13,16,18-21,24-25,27-29H,7,11H2,(H,30,31)(H,32,33)/t13-,16-,18+,19-,20+,21-,24+,25+/m1/s1. The number of carboxylic acid groups (broad SMARTS) is 2. The van der Waals surface area contributed by atoms with Gasteiger partial charge in [-0.3, -0.25) is 0 Å². The van der Waals surface area contributed by atoms with E-state index >= 15 is 0 Å². The summed E-state index contributed by atoms with van der Waals surface area (Å²) in [6.07, 6.45) is -4.33. The predicted octanol–water partition coefficient (Wildman–Crippen LogP) is 0.0391. The Morgan fingerprint density at radius 1 is 0.946 bits per heavy atom. The Hall–Kier alpha value is -3.55. The van der Waals surface area contributed by atoms with E-state index in [2.05, 4.69) is 0 Å². The van der Waals surface area contributed by atoms with Gasteiger partial charge in [-0.15, -0.1) is 0 Å². The van der Waals surface area contributed by atoms with Gasteiger partial charge in [0.25, 0.3) is 0 Å². The molecule has 2 aliphatic heterocycles. The van der Waals surface area contributed by atoms with Crippen LogP contribution in [0.3, 0.4) is 0 Å². The SMILES string of the molecule is O=C(C=Cc1ccccc1)OC[C@H]1O[C@@H](O[C@@H]2OC=C(C(=O)O)[C@H]3CC=C(C(=O)O)[C@@H]23)[C@H](O)[C@@H](O)[C@@H]1O. The summed E-state index contributed by atoms with van der Waals surface area (Å²) in [6.45, 7) is -0.496. The molecule has 198 valence electrons. The number of aliphatic hydroxyl groups is 3. The molecule has 5 N–H and O–H groups in total. The maximum atomic E-state index is 12.1. The highest BCUT2D eigenvalue weighted by Gasteiger charge is 2.51. The predicted molar refractivity (Wildman–Crippen MR) is 122 cm³/mol. The zero-order valence-corrected chi connectivity index (χ0v) is 19.3. The average Bonchev–Trinajstić information content (AvgIpc) is 3.33. The molecule has 8 atom stereocenters. The first kappa shape index (κ1) is 26.5. The Morgan fingerprint density at radius 3 is 2.32 bits per heavy atom. The third-order valence-corrected chi connectivity index (χ3v) is 6.44. The molecule has 37 heavy (non-hydrogen) atoms. The summed E-state index contributed by atoms with van der Waals surface area (Å²) in [5.74, 6) is -5.10. The fraction of sp³-hybridized carbons (Fsp3) is 0.400. The number of hydrogen-bond donors (Lipinski definition) is 5. The molecule has 4 rings (SSSR count). The monoisotopic (exact) mass is 518 g/mol. The summed E-state index contributed by atoms with van der Waals surface area (Å²) in [4.78, 5) is 35.4. The molecule has 0 bridgehead atoms. The lowest BCUT2D eigenvalue weighted by atomic mass is 9.83. The summed E-state index contributed by atoms with van der Waals surface area (Å²) < 4.78 is 21.7. The first-order valence-electron chi connectivity index (χ1n) is 11.4. The van der Waals surface area contributed by atoms with Crippen molar-refractivity contribution in [2.24, 2.45) is 11.8 Å². The number of aliphatic hydroxyl groups excluding tert-OH is 3. The van der Waals surface area contributed by atoms with Crippen molar-refractivity contribution < 1.29 is 58.9 Å². The number of carboxylic acids is 2. The number of ether oxygens (including phenoxy) is 4. The minimum absolute atomic E-state index is 0.122. The Morgan fingerprint density at radius 2 is 1.65 bits per heavy atom. The lowest BCUT2D eigenvalue weighted by Gasteiger charge is -2.42. The molecular weight excluding hydrogens is 492 g/mol. The van der Waals surface area contributed by atoms with E-state index in [9.17, 15) is 39.9 Å². The van der Waals surface area contributed by atoms with Crippen LogP contribution in [0.1, 0.15) is 12.0 Å². The molecule has 1 aliphatic carbocycles. The number of fused-ring (bicyclic) bond motifs is 1. The summed E-state index contributed by atoms with van der Waals surface area (Å²) >= 11 is 0. The van der Waals surface area contributed by atoms with Gasteiger partial charge in [0.2, 0.25) is 6.29 Å². The van der Waals surface area contributed by atoms with Crippen LogP contribution in [0.4, 0.5) is 0 Å². The van der Waals surface area contributed by atoms with E-state index < -0.39 is 73.3 Å². The molecule has 1 saturated heterocycles. The van der Waals surface area contributed by atoms with E-state index in [4.69, 9.17) is 18.9 Å². The van der Waals surface area contributed by atoms with Crippen molar-refractivity contribution in [1.29, 1.82) is 0 Å². The first-order valence-corrected chi connectivity index (χ1v) is 11.4. The largest absolute Gasteiger partial charge is 0.478 e. The van der Waals surface area contributed by atoms with E-state index in [1.54, 1.807) is 24.3 Å². The molecule has 1 fully saturated rings. The highest BCUT2D eigenvalue weighted by molar-refractivity contribution is 5.91. The number of hydrogen-bond acceptors (Lipinski definition) is 10. The van der Waals surface area contributed by atoms with Crippen LogP contribution < -0.4 is 0 Å². The second kappa shape index (κ2) is 11.2. The van der Waals surface area contributed by atoms with Crippen LogP contribution in [0, 0.1) is 11.8 Å². The van der Waals surface area contributed by atoms with Crippen LogP contribution >= 0.6 is 0 Å². The molecule has 0 unspecified atom stereocenters. The van der Waals surface area contributed by atoms with E-state index in [1.165, 1.54) is 18.2 Å². The number of allylic oxidation sites excluding steroid dienone is 1. The Bertz CT molecular complexity index is 1110. The van der Waals surface area contributed by atoms with Crippen molar-refractivity contribution in [1.82, 2.24) is 0 Å². The van der Waals surface area contributed by atoms with Crippen LogP contribution in [0.15, 0.2) is 59.9 Å². The molecule has 0 radical (unpaired) electrons. The molecule has 0 spiro atoms. The maximum Gasteiger partial charge on any atom is 0.335 e. The van der Waals surface area contributed by atoms with Gasteiger partial charge in [-0.2, -0.15) is 0 Å². The quantitative estimate of drug-likeness (QED) is 0.230. The molecular formula is C25H26O12. The van der Waals surface area contributed by atoms with Crippen LogP contribution in [0.5, 0.6) is 0 Å². The second-order valence-corrected chi connectivity index (χ2v) is 8.74. The second-order valence-electron chi connectivity index (χ2n) is 8.74. The maximum absolute atomic E-state index is 12.1. The van der Waals surface area contributed by atoms with Crippen molar-refractivity contribution in [3.05, 3.63) is 65.5 Å². The summed E-state index contributed by atoms with van der Waals surface area (Å²) in [7, 11) is 0. The van der Waals surface area contributed by atoms with Crippen LogP contribution in [-0.2, 0) is 33.3 Å². The molecule has 0 amide bonds. The smallest absolute Gasteiger partial charge is 0.335 e. The third-order valence-electron chi connectivity index (χ3n) is 6.44. The number of rotatable bonds is 8. The van der Waals surface area contributed by atoms with Crippen molar-refractivity contribution in [3.8, 4) is 0 Å². The van der Waals surface area contributed by atoms with Crippen molar-refractivity contribution >= 4 is 24.0 Å². The fourth-order valence-electron chi connectivity index (χ4n) is 4.52. The van der Waals surface area contributed by atoms with Crippen molar-refractivity contribution in [2.75, 3.05) is 6.61 Å². The minimum atomic E-state index is -1.77. The normalized spacial score (nSPS) is 33.2. The molecule has 0 aromatic heterocycles. The molecule has 12 heteroatoms. The third kappa shape index (κ3) is 5.73. The molecule has 1 aromatic rings. The zero-order chi connectivity index (χ0) is 26.7. The van der Waals surface area contributed by atoms with Gasteiger partial charge in [0.1, 0.15) is 31.0 Å². The van der Waals surface area contributed by atoms with Crippen molar-refractivity contribution in [2.45, 2.75) is 43.4 Å². The van der Waals surface area contributed by atoms with E-state index in [0.29, 0.717) is 0 Å². The van der Waals surface area contributed by atoms with Crippen LogP contribution in [-0.4, -0.2) is 87.0 Å². The lowest BCUT2D eigenvalue weighted by Crippen LogP contribution is -2.60. The van der Waals surface area contributed by atoms with E-state index in [-0.39, 0.29) is 17.6 Å². The molecule has 2 heterocycles. The fourth-order valence-corrected chi connectivity index (χ4v) is 4.52.